The zero-order chi connectivity index (χ0) is 17.6. The van der Waals surface area contributed by atoms with Gasteiger partial charge in [-0.1, -0.05) is 72.3 Å². The number of hydrogen-bond donors (Lipinski definition) is 0. The van der Waals surface area contributed by atoms with Crippen molar-refractivity contribution in [3.8, 4) is 22.6 Å². The molecule has 0 atom stereocenters. The minimum atomic E-state index is 0.753. The summed E-state index contributed by atoms with van der Waals surface area (Å²) < 4.78 is 0. The van der Waals surface area contributed by atoms with Crippen molar-refractivity contribution in [2.45, 2.75) is 20.8 Å². The number of allylic oxidation sites excluding steroid dienone is 4. The summed E-state index contributed by atoms with van der Waals surface area (Å²) in [5, 5.41) is 0. The Balaban J connectivity index is 2.18. The summed E-state index contributed by atoms with van der Waals surface area (Å²) in [6.07, 6.45) is 6.13. The summed E-state index contributed by atoms with van der Waals surface area (Å²) in [7, 11) is 0. The lowest BCUT2D eigenvalue weighted by molar-refractivity contribution is 1.15. The van der Waals surface area contributed by atoms with Crippen molar-refractivity contribution in [3.05, 3.63) is 90.1 Å². The van der Waals surface area contributed by atoms with Crippen LogP contribution in [-0.4, -0.2) is 9.97 Å². The van der Waals surface area contributed by atoms with Gasteiger partial charge in [0.1, 0.15) is 0 Å². The van der Waals surface area contributed by atoms with Crippen LogP contribution in [0.4, 0.5) is 0 Å². The molecule has 0 saturated carbocycles. The van der Waals surface area contributed by atoms with Crippen LogP contribution in [0.25, 0.3) is 28.2 Å². The van der Waals surface area contributed by atoms with Gasteiger partial charge in [0.25, 0.3) is 0 Å². The van der Waals surface area contributed by atoms with Gasteiger partial charge in [-0.25, -0.2) is 9.97 Å². The van der Waals surface area contributed by atoms with Crippen molar-refractivity contribution < 1.29 is 0 Å². The first-order chi connectivity index (χ1) is 12.2. The average molecular weight is 326 g/mol. The second kappa shape index (κ2) is 7.71. The van der Waals surface area contributed by atoms with Crippen molar-refractivity contribution >= 4 is 5.57 Å². The van der Waals surface area contributed by atoms with Crippen LogP contribution in [0.3, 0.4) is 0 Å². The molecule has 0 aliphatic rings. The van der Waals surface area contributed by atoms with E-state index in [4.69, 9.17) is 9.97 Å². The molecule has 0 aliphatic heterocycles. The molecule has 0 N–H and O–H groups in total. The van der Waals surface area contributed by atoms with E-state index in [1.165, 1.54) is 5.56 Å². The van der Waals surface area contributed by atoms with Crippen molar-refractivity contribution in [2.75, 3.05) is 0 Å². The highest BCUT2D eigenvalue weighted by molar-refractivity contribution is 5.71. The van der Waals surface area contributed by atoms with E-state index in [0.717, 1.165) is 33.9 Å². The van der Waals surface area contributed by atoms with Crippen LogP contribution in [0.15, 0.2) is 78.9 Å². The molecule has 124 valence electrons. The number of nitrogens with zero attached hydrogens (tertiary/aromatic N) is 2. The molecule has 0 radical (unpaired) electrons. The molecule has 0 fully saturated rings. The Hall–Kier alpha value is -3.00. The van der Waals surface area contributed by atoms with Crippen LogP contribution in [-0.2, 0) is 0 Å². The van der Waals surface area contributed by atoms with Gasteiger partial charge in [0.2, 0.25) is 0 Å². The average Bonchev–Trinajstić information content (AvgIpc) is 2.66. The zero-order valence-electron chi connectivity index (χ0n) is 14.9. The van der Waals surface area contributed by atoms with E-state index >= 15 is 0 Å². The Morgan fingerprint density at radius 1 is 0.880 bits per heavy atom. The summed E-state index contributed by atoms with van der Waals surface area (Å²) in [6.45, 7) is 6.19. The second-order valence-electron chi connectivity index (χ2n) is 6.07. The highest BCUT2D eigenvalue weighted by Crippen LogP contribution is 2.25. The molecule has 25 heavy (non-hydrogen) atoms. The van der Waals surface area contributed by atoms with E-state index in [1.807, 2.05) is 49.4 Å². The molecule has 1 aromatic heterocycles. The summed E-state index contributed by atoms with van der Waals surface area (Å²) in [5.41, 5.74) is 6.37. The van der Waals surface area contributed by atoms with Gasteiger partial charge in [0.15, 0.2) is 5.82 Å². The first-order valence-electron chi connectivity index (χ1n) is 8.49. The van der Waals surface area contributed by atoms with Gasteiger partial charge in [-0.2, -0.15) is 0 Å². The van der Waals surface area contributed by atoms with Gasteiger partial charge in [-0.15, -0.1) is 0 Å². The van der Waals surface area contributed by atoms with E-state index in [0.29, 0.717) is 0 Å². The quantitative estimate of drug-likeness (QED) is 0.541. The van der Waals surface area contributed by atoms with Crippen LogP contribution in [0.5, 0.6) is 0 Å². The van der Waals surface area contributed by atoms with Crippen LogP contribution in [0.1, 0.15) is 25.1 Å². The fourth-order valence-electron chi connectivity index (χ4n) is 2.64. The molecule has 3 aromatic rings. The monoisotopic (exact) mass is 326 g/mol. The van der Waals surface area contributed by atoms with Crippen molar-refractivity contribution in [3.63, 3.8) is 0 Å². The van der Waals surface area contributed by atoms with Crippen molar-refractivity contribution in [1.29, 1.82) is 0 Å². The second-order valence-corrected chi connectivity index (χ2v) is 6.07. The Kier molecular flexibility index (Phi) is 5.20. The van der Waals surface area contributed by atoms with Gasteiger partial charge in [-0.3, -0.25) is 0 Å². The number of aromatic nitrogens is 2. The van der Waals surface area contributed by atoms with Gasteiger partial charge >= 0.3 is 0 Å². The maximum absolute atomic E-state index is 4.82. The predicted molar refractivity (Wildman–Crippen MR) is 106 cm³/mol. The molecule has 3 rings (SSSR count). The first-order valence-corrected chi connectivity index (χ1v) is 8.49. The lowest BCUT2D eigenvalue weighted by atomic mass is 10.1. The minimum Gasteiger partial charge on any atom is -0.228 e. The minimum absolute atomic E-state index is 0.753. The highest BCUT2D eigenvalue weighted by Gasteiger charge is 2.09. The normalized spacial score (nSPS) is 11.9. The van der Waals surface area contributed by atoms with E-state index in [2.05, 4.69) is 50.3 Å². The lowest BCUT2D eigenvalue weighted by Gasteiger charge is -2.09. The standard InChI is InChI=1S/C23H22N2/c1-4-5-11-18(3)21-16-22(20-14-9-10-17(2)15-20)25-23(24-21)19-12-7-6-8-13-19/h4-16H,1-3H3/b5-4-,18-11+. The van der Waals surface area contributed by atoms with Crippen LogP contribution < -0.4 is 0 Å². The molecule has 0 unspecified atom stereocenters. The van der Waals surface area contributed by atoms with Gasteiger partial charge in [0, 0.05) is 11.1 Å². The highest BCUT2D eigenvalue weighted by atomic mass is 14.9. The molecule has 0 saturated heterocycles. The SMILES string of the molecule is C/C=C\C=C(/C)c1cc(-c2cccc(C)c2)nc(-c2ccccc2)n1. The largest absolute Gasteiger partial charge is 0.228 e. The number of aryl methyl sites for hydroxylation is 1. The maximum Gasteiger partial charge on any atom is 0.160 e. The molecular weight excluding hydrogens is 304 g/mol. The number of rotatable bonds is 4. The van der Waals surface area contributed by atoms with E-state index in [1.54, 1.807) is 0 Å². The van der Waals surface area contributed by atoms with Gasteiger partial charge in [0.05, 0.1) is 11.4 Å². The van der Waals surface area contributed by atoms with E-state index in [9.17, 15) is 0 Å². The molecule has 0 amide bonds. The third kappa shape index (κ3) is 4.10. The first kappa shape index (κ1) is 16.8. The molecule has 2 aromatic carbocycles. The Labute approximate surface area is 149 Å². The molecule has 0 spiro atoms. The topological polar surface area (TPSA) is 25.8 Å². The van der Waals surface area contributed by atoms with Crippen molar-refractivity contribution in [2.24, 2.45) is 0 Å². The number of hydrogen-bond acceptors (Lipinski definition) is 2. The Bertz CT molecular complexity index is 922. The maximum atomic E-state index is 4.82. The van der Waals surface area contributed by atoms with Crippen molar-refractivity contribution in [1.82, 2.24) is 9.97 Å². The molecule has 1 heterocycles. The van der Waals surface area contributed by atoms with Gasteiger partial charge < -0.3 is 0 Å². The fraction of sp³-hybridized carbons (Fsp3) is 0.130. The molecule has 0 bridgehead atoms. The summed E-state index contributed by atoms with van der Waals surface area (Å²) in [6, 6.07) is 20.6. The van der Waals surface area contributed by atoms with E-state index in [-0.39, 0.29) is 0 Å². The Morgan fingerprint density at radius 2 is 1.64 bits per heavy atom. The Morgan fingerprint density at radius 3 is 2.36 bits per heavy atom. The molecule has 0 aliphatic carbocycles. The van der Waals surface area contributed by atoms with Crippen LogP contribution in [0.2, 0.25) is 0 Å². The fourth-order valence-corrected chi connectivity index (χ4v) is 2.64. The van der Waals surface area contributed by atoms with Gasteiger partial charge in [-0.05, 0) is 38.5 Å². The summed E-state index contributed by atoms with van der Waals surface area (Å²) in [5.74, 6) is 0.753. The van der Waals surface area contributed by atoms with E-state index < -0.39 is 0 Å². The zero-order valence-corrected chi connectivity index (χ0v) is 14.9. The molecular formula is C23H22N2. The molecule has 2 heteroatoms. The third-order valence-electron chi connectivity index (χ3n) is 4.01. The van der Waals surface area contributed by atoms with Crippen LogP contribution >= 0.6 is 0 Å². The third-order valence-corrected chi connectivity index (χ3v) is 4.01. The predicted octanol–water partition coefficient (Wildman–Crippen LogP) is 6.10. The summed E-state index contributed by atoms with van der Waals surface area (Å²) >= 11 is 0. The number of benzene rings is 2. The molecule has 2 nitrogen and oxygen atoms in total. The smallest absolute Gasteiger partial charge is 0.160 e. The summed E-state index contributed by atoms with van der Waals surface area (Å²) in [4.78, 5) is 9.61. The van der Waals surface area contributed by atoms with Crippen LogP contribution in [0, 0.1) is 6.92 Å². The lowest BCUT2D eigenvalue weighted by Crippen LogP contribution is -1.97.